The molecule has 0 unspecified atom stereocenters. The van der Waals surface area contributed by atoms with E-state index in [1.807, 2.05) is 26.3 Å². The second-order valence-electron chi connectivity index (χ2n) is 2.03. The van der Waals surface area contributed by atoms with Crippen LogP contribution in [0.5, 0.6) is 0 Å². The first-order valence-corrected chi connectivity index (χ1v) is 3.67. The third-order valence-corrected chi connectivity index (χ3v) is 1.13. The molecule has 2 nitrogen and oxygen atoms in total. The first-order chi connectivity index (χ1) is 4.85. The van der Waals surface area contributed by atoms with Crippen molar-refractivity contribution in [1.29, 1.82) is 0 Å². The molecule has 0 bridgehead atoms. The van der Waals surface area contributed by atoms with Gasteiger partial charge in [0.05, 0.1) is 0 Å². The van der Waals surface area contributed by atoms with Crippen LogP contribution in [0.15, 0.2) is 16.8 Å². The Morgan fingerprint density at radius 3 is 2.70 bits per heavy atom. The molecular weight excluding hydrogens is 124 g/mol. The van der Waals surface area contributed by atoms with Crippen LogP contribution in [0.3, 0.4) is 0 Å². The third-order valence-electron chi connectivity index (χ3n) is 1.13. The average molecular weight is 140 g/mol. The van der Waals surface area contributed by atoms with Crippen molar-refractivity contribution in [2.24, 2.45) is 4.99 Å². The van der Waals surface area contributed by atoms with E-state index in [4.69, 9.17) is 0 Å². The molecule has 0 atom stereocenters. The molecule has 0 aromatic carbocycles. The van der Waals surface area contributed by atoms with Crippen LogP contribution in [0, 0.1) is 0 Å². The highest BCUT2D eigenvalue weighted by Crippen LogP contribution is 1.92. The summed E-state index contributed by atoms with van der Waals surface area (Å²) in [7, 11) is 1.92. The largest absolute Gasteiger partial charge is 0.314 e. The standard InChI is InChI=1S/C8H16N2/c1-4-6-10-8(5-2)7-9-3/h5-6,9H,4,7H2,1-3H3/b8-5-,10-6?. The molecule has 58 valence electrons. The second-order valence-corrected chi connectivity index (χ2v) is 2.03. The van der Waals surface area contributed by atoms with Gasteiger partial charge in [-0.05, 0) is 20.4 Å². The molecule has 0 rings (SSSR count). The molecule has 2 heteroatoms. The number of aliphatic imine (C=N–C) groups is 1. The van der Waals surface area contributed by atoms with Gasteiger partial charge < -0.3 is 5.32 Å². The summed E-state index contributed by atoms with van der Waals surface area (Å²) in [6.45, 7) is 4.93. The first kappa shape index (κ1) is 9.37. The lowest BCUT2D eigenvalue weighted by molar-refractivity contribution is 0.869. The monoisotopic (exact) mass is 140 g/mol. The molecule has 0 radical (unpaired) electrons. The number of rotatable bonds is 4. The summed E-state index contributed by atoms with van der Waals surface area (Å²) in [5.41, 5.74) is 1.10. The molecule has 1 N–H and O–H groups in total. The highest BCUT2D eigenvalue weighted by atomic mass is 14.9. The fourth-order valence-corrected chi connectivity index (χ4v) is 0.612. The fourth-order valence-electron chi connectivity index (χ4n) is 0.612. The minimum atomic E-state index is 0.854. The van der Waals surface area contributed by atoms with Crippen LogP contribution in [0.1, 0.15) is 20.3 Å². The van der Waals surface area contributed by atoms with E-state index in [1.165, 1.54) is 0 Å². The van der Waals surface area contributed by atoms with Gasteiger partial charge in [0, 0.05) is 18.5 Å². The van der Waals surface area contributed by atoms with Crippen LogP contribution in [0.4, 0.5) is 0 Å². The van der Waals surface area contributed by atoms with Crippen LogP contribution < -0.4 is 5.32 Å². The Kier molecular flexibility index (Phi) is 6.08. The van der Waals surface area contributed by atoms with Gasteiger partial charge in [0.25, 0.3) is 0 Å². The van der Waals surface area contributed by atoms with E-state index < -0.39 is 0 Å². The van der Waals surface area contributed by atoms with Crippen LogP contribution >= 0.6 is 0 Å². The molecule has 0 fully saturated rings. The van der Waals surface area contributed by atoms with Crippen LogP contribution in [0.2, 0.25) is 0 Å². The molecule has 0 aromatic heterocycles. The Balaban J connectivity index is 3.72. The van der Waals surface area contributed by atoms with Crippen molar-refractivity contribution in [1.82, 2.24) is 5.32 Å². The molecule has 0 aliphatic rings. The Morgan fingerprint density at radius 2 is 2.30 bits per heavy atom. The molecule has 0 amide bonds. The van der Waals surface area contributed by atoms with Crippen molar-refractivity contribution >= 4 is 6.21 Å². The Labute approximate surface area is 63.0 Å². The number of nitrogens with zero attached hydrogens (tertiary/aromatic N) is 1. The number of hydrogen-bond donors (Lipinski definition) is 1. The minimum absolute atomic E-state index is 0.854. The van der Waals surface area contributed by atoms with Gasteiger partial charge in [-0.25, -0.2) is 0 Å². The van der Waals surface area contributed by atoms with Crippen LogP contribution in [-0.4, -0.2) is 19.8 Å². The molecule has 0 aliphatic heterocycles. The quantitative estimate of drug-likeness (QED) is 0.589. The molecule has 0 aliphatic carbocycles. The average Bonchev–Trinajstić information content (AvgIpc) is 1.98. The van der Waals surface area contributed by atoms with Gasteiger partial charge in [0.15, 0.2) is 0 Å². The fraction of sp³-hybridized carbons (Fsp3) is 0.625. The summed E-state index contributed by atoms with van der Waals surface area (Å²) in [6, 6.07) is 0. The Morgan fingerprint density at radius 1 is 1.60 bits per heavy atom. The third kappa shape index (κ3) is 4.27. The normalized spacial score (nSPS) is 12.9. The van der Waals surface area contributed by atoms with E-state index in [2.05, 4.69) is 17.2 Å². The van der Waals surface area contributed by atoms with Crippen molar-refractivity contribution < 1.29 is 0 Å². The van der Waals surface area contributed by atoms with E-state index in [0.29, 0.717) is 0 Å². The Bertz CT molecular complexity index is 125. The van der Waals surface area contributed by atoms with Gasteiger partial charge in [-0.3, -0.25) is 4.99 Å². The summed E-state index contributed by atoms with van der Waals surface area (Å²) in [6.07, 6.45) is 4.94. The molecule has 0 aromatic rings. The molecule has 0 saturated heterocycles. The van der Waals surface area contributed by atoms with E-state index in [1.54, 1.807) is 0 Å². The molecule has 10 heavy (non-hydrogen) atoms. The maximum absolute atomic E-state index is 4.22. The zero-order chi connectivity index (χ0) is 7.82. The highest BCUT2D eigenvalue weighted by molar-refractivity contribution is 5.58. The van der Waals surface area contributed by atoms with Crippen LogP contribution in [-0.2, 0) is 0 Å². The Hall–Kier alpha value is -0.630. The van der Waals surface area contributed by atoms with Gasteiger partial charge in [-0.15, -0.1) is 0 Å². The van der Waals surface area contributed by atoms with Crippen molar-refractivity contribution in [3.63, 3.8) is 0 Å². The van der Waals surface area contributed by atoms with Crippen molar-refractivity contribution in [2.45, 2.75) is 20.3 Å². The summed E-state index contributed by atoms with van der Waals surface area (Å²) in [5, 5.41) is 3.05. The number of nitrogens with one attached hydrogen (secondary N) is 1. The van der Waals surface area contributed by atoms with E-state index in [9.17, 15) is 0 Å². The second kappa shape index (κ2) is 6.49. The lowest BCUT2D eigenvalue weighted by Crippen LogP contribution is -2.09. The van der Waals surface area contributed by atoms with Gasteiger partial charge in [0.1, 0.15) is 0 Å². The van der Waals surface area contributed by atoms with Gasteiger partial charge in [0.2, 0.25) is 0 Å². The molecule has 0 heterocycles. The summed E-state index contributed by atoms with van der Waals surface area (Å²) in [5.74, 6) is 0. The number of allylic oxidation sites excluding steroid dienone is 1. The van der Waals surface area contributed by atoms with Gasteiger partial charge in [-0.1, -0.05) is 13.0 Å². The molecule has 0 saturated carbocycles. The molecule has 0 spiro atoms. The zero-order valence-corrected chi connectivity index (χ0v) is 7.02. The first-order valence-electron chi connectivity index (χ1n) is 3.67. The summed E-state index contributed by atoms with van der Waals surface area (Å²) < 4.78 is 0. The van der Waals surface area contributed by atoms with E-state index in [0.717, 1.165) is 18.7 Å². The highest BCUT2D eigenvalue weighted by Gasteiger charge is 1.85. The number of likely N-dealkylation sites (N-methyl/N-ethyl adjacent to an activating group) is 1. The predicted molar refractivity (Wildman–Crippen MR) is 46.5 cm³/mol. The summed E-state index contributed by atoms with van der Waals surface area (Å²) in [4.78, 5) is 4.22. The predicted octanol–water partition coefficient (Wildman–Crippen LogP) is 1.59. The number of hydrogen-bond acceptors (Lipinski definition) is 2. The van der Waals surface area contributed by atoms with Crippen molar-refractivity contribution in [3.8, 4) is 0 Å². The van der Waals surface area contributed by atoms with Crippen molar-refractivity contribution in [2.75, 3.05) is 13.6 Å². The van der Waals surface area contributed by atoms with Gasteiger partial charge in [-0.2, -0.15) is 0 Å². The smallest absolute Gasteiger partial charge is 0.0495 e. The minimum Gasteiger partial charge on any atom is -0.314 e. The topological polar surface area (TPSA) is 24.4 Å². The molecular formula is C8H16N2. The van der Waals surface area contributed by atoms with Gasteiger partial charge >= 0.3 is 0 Å². The van der Waals surface area contributed by atoms with E-state index in [-0.39, 0.29) is 0 Å². The lowest BCUT2D eigenvalue weighted by Gasteiger charge is -1.97. The van der Waals surface area contributed by atoms with Crippen LogP contribution in [0.25, 0.3) is 0 Å². The van der Waals surface area contributed by atoms with Crippen molar-refractivity contribution in [3.05, 3.63) is 11.8 Å². The maximum atomic E-state index is 4.22. The zero-order valence-electron chi connectivity index (χ0n) is 7.02. The van der Waals surface area contributed by atoms with E-state index >= 15 is 0 Å². The maximum Gasteiger partial charge on any atom is 0.0495 e. The lowest BCUT2D eigenvalue weighted by atomic mass is 10.4. The summed E-state index contributed by atoms with van der Waals surface area (Å²) >= 11 is 0. The SMILES string of the molecule is C/C=C(/CNC)N=CCC.